The zero-order valence-corrected chi connectivity index (χ0v) is 20.9. The van der Waals surface area contributed by atoms with Crippen LogP contribution in [0.4, 0.5) is 10.2 Å². The number of allylic oxidation sites excluding steroid dienone is 4. The van der Waals surface area contributed by atoms with E-state index < -0.39 is 11.6 Å². The second kappa shape index (κ2) is 8.95. The number of aromatic hydroxyl groups is 1. The minimum Gasteiger partial charge on any atom is -0.505 e. The lowest BCUT2D eigenvalue weighted by molar-refractivity contribution is 0.432. The van der Waals surface area contributed by atoms with Crippen LogP contribution in [0.2, 0.25) is 0 Å². The Morgan fingerprint density at radius 2 is 2.00 bits per heavy atom. The van der Waals surface area contributed by atoms with Gasteiger partial charge in [0, 0.05) is 22.9 Å². The monoisotopic (exact) mass is 508 g/mol. The quantitative estimate of drug-likeness (QED) is 0.352. The summed E-state index contributed by atoms with van der Waals surface area (Å²) < 4.78 is 17.2. The van der Waals surface area contributed by atoms with Gasteiger partial charge >= 0.3 is 0 Å². The van der Waals surface area contributed by atoms with Gasteiger partial charge in [-0.05, 0) is 54.6 Å². The fourth-order valence-electron chi connectivity index (χ4n) is 5.17. The first-order valence-electron chi connectivity index (χ1n) is 12.3. The molecule has 190 valence electrons. The summed E-state index contributed by atoms with van der Waals surface area (Å²) in [4.78, 5) is 22.5. The van der Waals surface area contributed by atoms with E-state index in [4.69, 9.17) is 10.8 Å². The Labute approximate surface area is 217 Å². The Morgan fingerprint density at radius 1 is 1.16 bits per heavy atom. The molecule has 0 saturated heterocycles. The van der Waals surface area contributed by atoms with Gasteiger partial charge in [0.2, 0.25) is 0 Å². The van der Waals surface area contributed by atoms with Crippen molar-refractivity contribution in [1.82, 2.24) is 24.3 Å². The molecule has 1 aliphatic rings. The standard InChI is InChI=1S/C29H25FN6O2/c1-16-6-3-4-9-22(16)36-20(12-18-8-5-7-17(2)24(18)29(36)38)14-35-28-25(27(31)32-15-33-28)26(34-35)19-10-11-21(30)23(37)13-19/h3-5,7-13,15-16,37H,6,14H2,1-2H3,(H2,31,32,33). The van der Waals surface area contributed by atoms with E-state index in [-0.39, 0.29) is 23.8 Å². The van der Waals surface area contributed by atoms with Gasteiger partial charge in [0.05, 0.1) is 17.3 Å². The van der Waals surface area contributed by atoms with Crippen LogP contribution < -0.4 is 11.3 Å². The molecule has 0 bridgehead atoms. The van der Waals surface area contributed by atoms with Gasteiger partial charge in [0.15, 0.2) is 17.2 Å². The second-order valence-electron chi connectivity index (χ2n) is 9.60. The first kappa shape index (κ1) is 23.6. The van der Waals surface area contributed by atoms with Crippen LogP contribution in [0.15, 0.2) is 71.8 Å². The van der Waals surface area contributed by atoms with Crippen LogP contribution >= 0.6 is 0 Å². The normalized spacial score (nSPS) is 15.3. The number of hydrogen-bond donors (Lipinski definition) is 2. The van der Waals surface area contributed by atoms with Crippen LogP contribution in [0.3, 0.4) is 0 Å². The highest BCUT2D eigenvalue weighted by Crippen LogP contribution is 2.33. The summed E-state index contributed by atoms with van der Waals surface area (Å²) >= 11 is 0. The number of nitrogens with two attached hydrogens (primary N) is 1. The predicted octanol–water partition coefficient (Wildman–Crippen LogP) is 5.03. The number of aryl methyl sites for hydroxylation is 1. The molecular weight excluding hydrogens is 483 g/mol. The third kappa shape index (κ3) is 3.75. The summed E-state index contributed by atoms with van der Waals surface area (Å²) in [6.07, 6.45) is 8.24. The topological polar surface area (TPSA) is 112 Å². The number of hydrogen-bond acceptors (Lipinski definition) is 6. The molecular formula is C29H25FN6O2. The highest BCUT2D eigenvalue weighted by molar-refractivity contribution is 5.98. The lowest BCUT2D eigenvalue weighted by Crippen LogP contribution is -2.28. The maximum atomic E-state index is 14.0. The van der Waals surface area contributed by atoms with E-state index in [1.54, 1.807) is 9.25 Å². The first-order valence-corrected chi connectivity index (χ1v) is 12.3. The third-order valence-electron chi connectivity index (χ3n) is 7.08. The van der Waals surface area contributed by atoms with Crippen molar-refractivity contribution in [1.29, 1.82) is 0 Å². The molecule has 3 aromatic heterocycles. The molecule has 0 amide bonds. The number of halogens is 1. The molecule has 0 aliphatic heterocycles. The number of nitrogens with zero attached hydrogens (tertiary/aromatic N) is 5. The van der Waals surface area contributed by atoms with E-state index in [1.807, 2.05) is 43.3 Å². The number of phenolic OH excluding ortho intramolecular Hbond substituents is 1. The molecule has 38 heavy (non-hydrogen) atoms. The van der Waals surface area contributed by atoms with E-state index >= 15 is 0 Å². The van der Waals surface area contributed by atoms with Gasteiger partial charge in [-0.2, -0.15) is 5.10 Å². The highest BCUT2D eigenvalue weighted by atomic mass is 19.1. The number of rotatable bonds is 4. The summed E-state index contributed by atoms with van der Waals surface area (Å²) in [6, 6.07) is 11.8. The van der Waals surface area contributed by atoms with Crippen molar-refractivity contribution in [3.8, 4) is 17.0 Å². The first-order chi connectivity index (χ1) is 18.3. The lowest BCUT2D eigenvalue weighted by Gasteiger charge is -2.23. The molecule has 9 heteroatoms. The predicted molar refractivity (Wildman–Crippen MR) is 146 cm³/mol. The van der Waals surface area contributed by atoms with Crippen LogP contribution in [0.1, 0.15) is 24.6 Å². The van der Waals surface area contributed by atoms with Crippen molar-refractivity contribution in [2.75, 3.05) is 5.73 Å². The molecule has 5 aromatic rings. The Balaban J connectivity index is 1.60. The Kier molecular flexibility index (Phi) is 5.56. The number of pyridine rings is 1. The minimum atomic E-state index is -0.735. The Hall–Kier alpha value is -4.79. The molecule has 1 unspecified atom stereocenters. The number of anilines is 1. The summed E-state index contributed by atoms with van der Waals surface area (Å²) in [6.45, 7) is 4.26. The third-order valence-corrected chi connectivity index (χ3v) is 7.08. The molecule has 1 atom stereocenters. The minimum absolute atomic E-state index is 0.0849. The van der Waals surface area contributed by atoms with Crippen LogP contribution in [0.5, 0.6) is 5.75 Å². The Morgan fingerprint density at radius 3 is 2.79 bits per heavy atom. The van der Waals surface area contributed by atoms with Crippen molar-refractivity contribution in [2.45, 2.75) is 26.8 Å². The van der Waals surface area contributed by atoms with E-state index in [1.165, 1.54) is 24.5 Å². The summed E-state index contributed by atoms with van der Waals surface area (Å²) in [7, 11) is 0. The van der Waals surface area contributed by atoms with Crippen molar-refractivity contribution >= 4 is 33.3 Å². The van der Waals surface area contributed by atoms with Crippen LogP contribution in [-0.2, 0) is 6.54 Å². The number of nitrogen functional groups attached to an aromatic ring is 1. The molecule has 6 rings (SSSR count). The van der Waals surface area contributed by atoms with Crippen LogP contribution in [-0.4, -0.2) is 29.4 Å². The van der Waals surface area contributed by atoms with Gasteiger partial charge in [-0.3, -0.25) is 9.36 Å². The van der Waals surface area contributed by atoms with E-state index in [0.29, 0.717) is 27.7 Å². The SMILES string of the molecule is Cc1cccc2cc(Cn3nc(-c4ccc(F)c(O)c4)c4c(N)ncnc43)n(C3=CC=CCC3C)c(=O)c12. The number of fused-ring (bicyclic) bond motifs is 2. The van der Waals surface area contributed by atoms with Gasteiger partial charge in [-0.1, -0.05) is 37.3 Å². The fraction of sp³-hybridized carbons (Fsp3) is 0.172. The molecule has 2 aromatic carbocycles. The molecule has 0 radical (unpaired) electrons. The van der Waals surface area contributed by atoms with Crippen molar-refractivity contribution < 1.29 is 9.50 Å². The maximum absolute atomic E-state index is 14.0. The zero-order valence-electron chi connectivity index (χ0n) is 20.9. The maximum Gasteiger partial charge on any atom is 0.263 e. The number of benzene rings is 2. The van der Waals surface area contributed by atoms with Crippen LogP contribution in [0.25, 0.3) is 38.8 Å². The highest BCUT2D eigenvalue weighted by Gasteiger charge is 2.22. The van der Waals surface area contributed by atoms with Crippen molar-refractivity contribution in [3.63, 3.8) is 0 Å². The van der Waals surface area contributed by atoms with Crippen molar-refractivity contribution in [2.24, 2.45) is 5.92 Å². The number of phenols is 1. The Bertz CT molecular complexity index is 1870. The summed E-state index contributed by atoms with van der Waals surface area (Å²) in [5.74, 6) is -0.880. The lowest BCUT2D eigenvalue weighted by atomic mass is 9.97. The van der Waals surface area contributed by atoms with Gasteiger partial charge in [-0.15, -0.1) is 0 Å². The molecule has 3 heterocycles. The zero-order chi connectivity index (χ0) is 26.6. The summed E-state index contributed by atoms with van der Waals surface area (Å²) in [5.41, 5.74) is 10.0. The number of aromatic nitrogens is 5. The largest absolute Gasteiger partial charge is 0.505 e. The molecule has 3 N–H and O–H groups in total. The molecule has 0 fully saturated rings. The van der Waals surface area contributed by atoms with E-state index in [2.05, 4.69) is 23.0 Å². The van der Waals surface area contributed by atoms with Crippen molar-refractivity contribution in [3.05, 3.63) is 94.4 Å². The smallest absolute Gasteiger partial charge is 0.263 e. The van der Waals surface area contributed by atoms with Gasteiger partial charge in [0.1, 0.15) is 17.8 Å². The molecule has 8 nitrogen and oxygen atoms in total. The average molecular weight is 509 g/mol. The van der Waals surface area contributed by atoms with Gasteiger partial charge < -0.3 is 10.8 Å². The van der Waals surface area contributed by atoms with Gasteiger partial charge in [0.25, 0.3) is 5.56 Å². The molecule has 0 saturated carbocycles. The second-order valence-corrected chi connectivity index (χ2v) is 9.60. The molecule has 1 aliphatic carbocycles. The van der Waals surface area contributed by atoms with E-state index in [0.717, 1.165) is 28.8 Å². The van der Waals surface area contributed by atoms with E-state index in [9.17, 15) is 14.3 Å². The van der Waals surface area contributed by atoms with Crippen LogP contribution in [0, 0.1) is 18.7 Å². The summed E-state index contributed by atoms with van der Waals surface area (Å²) in [5, 5.41) is 16.8. The van der Waals surface area contributed by atoms with Gasteiger partial charge in [-0.25, -0.2) is 19.0 Å². The fourth-order valence-corrected chi connectivity index (χ4v) is 5.17. The molecule has 0 spiro atoms. The average Bonchev–Trinajstić information content (AvgIpc) is 3.26.